The van der Waals surface area contributed by atoms with E-state index in [2.05, 4.69) is 21.8 Å². The van der Waals surface area contributed by atoms with Gasteiger partial charge in [-0.2, -0.15) is 0 Å². The van der Waals surface area contributed by atoms with Gasteiger partial charge < -0.3 is 14.8 Å². The lowest BCUT2D eigenvalue weighted by atomic mass is 10.0. The number of carbonyl (C=O) groups is 2. The second kappa shape index (κ2) is 7.09. The van der Waals surface area contributed by atoms with E-state index < -0.39 is 6.04 Å². The third kappa shape index (κ3) is 3.29. The maximum Gasteiger partial charge on any atom is 0.253 e. The van der Waals surface area contributed by atoms with Crippen LogP contribution < -0.4 is 10.2 Å². The molecule has 2 aromatic rings. The van der Waals surface area contributed by atoms with E-state index >= 15 is 0 Å². The average molecular weight is 340 g/mol. The molecular weight excluding hydrogens is 316 g/mol. The van der Waals surface area contributed by atoms with Crippen LogP contribution in [0.3, 0.4) is 0 Å². The topological polar surface area (TPSA) is 67.2 Å². The largest absolute Gasteiger partial charge is 0.349 e. The summed E-state index contributed by atoms with van der Waals surface area (Å²) < 4.78 is 2.10. The van der Waals surface area contributed by atoms with Crippen LogP contribution in [-0.2, 0) is 11.3 Å². The molecule has 0 aromatic carbocycles. The van der Waals surface area contributed by atoms with Gasteiger partial charge in [0.25, 0.3) is 5.91 Å². The molecule has 0 radical (unpaired) electrons. The average Bonchev–Trinajstić information content (AvgIpc) is 2.91. The number of hydrogen-bond donors (Lipinski definition) is 1. The Morgan fingerprint density at radius 1 is 1.40 bits per heavy atom. The summed E-state index contributed by atoms with van der Waals surface area (Å²) in [6.45, 7) is 7.46. The van der Waals surface area contributed by atoms with E-state index in [1.807, 2.05) is 32.0 Å². The van der Waals surface area contributed by atoms with Crippen LogP contribution in [0.1, 0.15) is 41.5 Å². The molecule has 0 spiro atoms. The Hall–Kier alpha value is -2.63. The van der Waals surface area contributed by atoms with Crippen molar-refractivity contribution in [3.63, 3.8) is 0 Å². The van der Waals surface area contributed by atoms with E-state index in [0.29, 0.717) is 18.5 Å². The smallest absolute Gasteiger partial charge is 0.253 e. The molecule has 2 aromatic heterocycles. The number of amides is 2. The molecule has 1 aliphatic heterocycles. The van der Waals surface area contributed by atoms with Gasteiger partial charge in [0.15, 0.2) is 0 Å². The third-order valence-electron chi connectivity index (χ3n) is 4.84. The molecule has 1 atom stereocenters. The third-order valence-corrected chi connectivity index (χ3v) is 4.84. The Labute approximate surface area is 147 Å². The van der Waals surface area contributed by atoms with Crippen molar-refractivity contribution < 1.29 is 9.59 Å². The maximum absolute atomic E-state index is 12.8. The number of pyridine rings is 1. The van der Waals surface area contributed by atoms with Crippen LogP contribution in [0.5, 0.6) is 0 Å². The fourth-order valence-electron chi connectivity index (χ4n) is 3.53. The minimum absolute atomic E-state index is 0.0723. The maximum atomic E-state index is 12.8. The minimum Gasteiger partial charge on any atom is -0.349 e. The summed E-state index contributed by atoms with van der Waals surface area (Å²) in [6.07, 6.45) is 4.87. The van der Waals surface area contributed by atoms with Gasteiger partial charge in [0.2, 0.25) is 5.91 Å². The van der Waals surface area contributed by atoms with Gasteiger partial charge in [0.05, 0.1) is 17.4 Å². The first-order valence-corrected chi connectivity index (χ1v) is 8.72. The molecule has 3 rings (SSSR count). The molecular formula is C19H24N4O2. The van der Waals surface area contributed by atoms with Gasteiger partial charge in [0, 0.05) is 30.7 Å². The molecule has 0 bridgehead atoms. The lowest BCUT2D eigenvalue weighted by molar-refractivity contribution is -0.121. The van der Waals surface area contributed by atoms with Crippen molar-refractivity contribution in [2.45, 2.75) is 46.2 Å². The molecule has 25 heavy (non-hydrogen) atoms. The Balaban J connectivity index is 1.76. The molecule has 132 valence electrons. The molecule has 0 unspecified atom stereocenters. The Bertz CT molecular complexity index is 782. The summed E-state index contributed by atoms with van der Waals surface area (Å²) in [5, 5.41) is 2.93. The SMILES string of the molecule is CCn1c(C)cc(C(=O)N[C@@H]2CCCN(c3cccnc3)C2=O)c1C. The number of hydrogen-bond acceptors (Lipinski definition) is 3. The van der Waals surface area contributed by atoms with Crippen LogP contribution in [-0.4, -0.2) is 34.0 Å². The highest BCUT2D eigenvalue weighted by Gasteiger charge is 2.31. The van der Waals surface area contributed by atoms with Crippen LogP contribution in [0.15, 0.2) is 30.6 Å². The normalized spacial score (nSPS) is 17.6. The summed E-state index contributed by atoms with van der Waals surface area (Å²) in [5.74, 6) is -0.254. The summed E-state index contributed by atoms with van der Waals surface area (Å²) in [4.78, 5) is 31.3. The molecule has 1 fully saturated rings. The second-order valence-corrected chi connectivity index (χ2v) is 6.40. The van der Waals surface area contributed by atoms with Crippen LogP contribution >= 0.6 is 0 Å². The number of carbonyl (C=O) groups excluding carboxylic acids is 2. The second-order valence-electron chi connectivity index (χ2n) is 6.40. The van der Waals surface area contributed by atoms with E-state index in [0.717, 1.165) is 30.0 Å². The van der Waals surface area contributed by atoms with Crippen LogP contribution in [0.4, 0.5) is 5.69 Å². The quantitative estimate of drug-likeness (QED) is 0.929. The Morgan fingerprint density at radius 2 is 2.20 bits per heavy atom. The van der Waals surface area contributed by atoms with Crippen molar-refractivity contribution in [2.75, 3.05) is 11.4 Å². The van der Waals surface area contributed by atoms with E-state index in [1.54, 1.807) is 17.3 Å². The number of nitrogens with zero attached hydrogens (tertiary/aromatic N) is 3. The van der Waals surface area contributed by atoms with Crippen molar-refractivity contribution in [1.29, 1.82) is 0 Å². The highest BCUT2D eigenvalue weighted by Crippen LogP contribution is 2.21. The Kier molecular flexibility index (Phi) is 4.88. The zero-order valence-electron chi connectivity index (χ0n) is 15.0. The van der Waals surface area contributed by atoms with Gasteiger partial charge >= 0.3 is 0 Å². The number of aromatic nitrogens is 2. The number of aryl methyl sites for hydroxylation is 1. The van der Waals surface area contributed by atoms with Gasteiger partial charge in [-0.15, -0.1) is 0 Å². The zero-order valence-corrected chi connectivity index (χ0v) is 15.0. The highest BCUT2D eigenvalue weighted by atomic mass is 16.2. The van der Waals surface area contributed by atoms with Gasteiger partial charge in [0.1, 0.15) is 6.04 Å². The number of anilines is 1. The van der Waals surface area contributed by atoms with Crippen molar-refractivity contribution in [1.82, 2.24) is 14.9 Å². The number of rotatable bonds is 4. The summed E-state index contributed by atoms with van der Waals surface area (Å²) in [7, 11) is 0. The first-order valence-electron chi connectivity index (χ1n) is 8.72. The molecule has 0 saturated carbocycles. The standard InChI is InChI=1S/C19H24N4O2/c1-4-22-13(2)11-16(14(22)3)18(24)21-17-8-6-10-23(19(17)25)15-7-5-9-20-12-15/h5,7,9,11-12,17H,4,6,8,10H2,1-3H3,(H,21,24)/t17-/m1/s1. The molecule has 0 aliphatic carbocycles. The van der Waals surface area contributed by atoms with Crippen LogP contribution in [0, 0.1) is 13.8 Å². The summed E-state index contributed by atoms with van der Waals surface area (Å²) in [6, 6.07) is 5.07. The first kappa shape index (κ1) is 17.2. The zero-order chi connectivity index (χ0) is 18.0. The van der Waals surface area contributed by atoms with E-state index in [4.69, 9.17) is 0 Å². The van der Waals surface area contributed by atoms with E-state index in [1.165, 1.54) is 0 Å². The molecule has 6 nitrogen and oxygen atoms in total. The monoisotopic (exact) mass is 340 g/mol. The van der Waals surface area contributed by atoms with Crippen molar-refractivity contribution >= 4 is 17.5 Å². The lowest BCUT2D eigenvalue weighted by Gasteiger charge is -2.32. The molecule has 1 aliphatic rings. The fraction of sp³-hybridized carbons (Fsp3) is 0.421. The number of nitrogens with one attached hydrogen (secondary N) is 1. The van der Waals surface area contributed by atoms with Gasteiger partial charge in [-0.25, -0.2) is 0 Å². The van der Waals surface area contributed by atoms with E-state index in [-0.39, 0.29) is 11.8 Å². The molecule has 2 amide bonds. The molecule has 1 saturated heterocycles. The van der Waals surface area contributed by atoms with Crippen LogP contribution in [0.2, 0.25) is 0 Å². The van der Waals surface area contributed by atoms with Gasteiger partial charge in [-0.1, -0.05) is 0 Å². The number of piperidine rings is 1. The van der Waals surface area contributed by atoms with Crippen molar-refractivity contribution in [3.8, 4) is 0 Å². The summed E-state index contributed by atoms with van der Waals surface area (Å²) >= 11 is 0. The van der Waals surface area contributed by atoms with Gasteiger partial charge in [-0.3, -0.25) is 14.6 Å². The minimum atomic E-state index is -0.494. The predicted molar refractivity (Wildman–Crippen MR) is 96.7 cm³/mol. The fourth-order valence-corrected chi connectivity index (χ4v) is 3.53. The van der Waals surface area contributed by atoms with Crippen molar-refractivity contribution in [2.24, 2.45) is 0 Å². The Morgan fingerprint density at radius 3 is 2.84 bits per heavy atom. The molecule has 6 heteroatoms. The van der Waals surface area contributed by atoms with Gasteiger partial charge in [-0.05, 0) is 51.8 Å². The van der Waals surface area contributed by atoms with Crippen LogP contribution in [0.25, 0.3) is 0 Å². The van der Waals surface area contributed by atoms with E-state index in [9.17, 15) is 9.59 Å². The molecule has 1 N–H and O–H groups in total. The summed E-state index contributed by atoms with van der Waals surface area (Å²) in [5.41, 5.74) is 3.41. The predicted octanol–water partition coefficient (Wildman–Crippen LogP) is 2.45. The van der Waals surface area contributed by atoms with Crippen molar-refractivity contribution in [3.05, 3.63) is 47.5 Å². The first-order chi connectivity index (χ1) is 12.0. The highest BCUT2D eigenvalue weighted by molar-refractivity contribution is 6.03. The molecule has 3 heterocycles. The lowest BCUT2D eigenvalue weighted by Crippen LogP contribution is -2.52.